The molecule has 2 unspecified atom stereocenters. The molecule has 0 amide bonds. The SMILES string of the molecule is CC(C)CC(C)OCC(O)CNc1ccc(F)c(Br)c1. The highest BCUT2D eigenvalue weighted by Crippen LogP contribution is 2.19. The molecule has 0 fully saturated rings. The quantitative estimate of drug-likeness (QED) is 0.751. The van der Waals surface area contributed by atoms with Gasteiger partial charge in [-0.15, -0.1) is 0 Å². The van der Waals surface area contributed by atoms with Gasteiger partial charge < -0.3 is 15.2 Å². The first-order valence-electron chi connectivity index (χ1n) is 6.87. The Morgan fingerprint density at radius 1 is 1.35 bits per heavy atom. The van der Waals surface area contributed by atoms with E-state index in [1.807, 2.05) is 6.92 Å². The maximum absolute atomic E-state index is 13.1. The summed E-state index contributed by atoms with van der Waals surface area (Å²) in [4.78, 5) is 0. The third-order valence-electron chi connectivity index (χ3n) is 2.84. The minimum atomic E-state index is -0.589. The topological polar surface area (TPSA) is 41.5 Å². The standard InChI is InChI=1S/C15H23BrFNO2/c1-10(2)6-11(3)20-9-13(19)8-18-12-4-5-15(17)14(16)7-12/h4-5,7,10-11,13,18-19H,6,8-9H2,1-3H3. The molecule has 1 aromatic rings. The fraction of sp³-hybridized carbons (Fsp3) is 0.600. The Labute approximate surface area is 128 Å². The Balaban J connectivity index is 2.28. The van der Waals surface area contributed by atoms with Gasteiger partial charge in [0, 0.05) is 12.2 Å². The number of benzene rings is 1. The minimum absolute atomic E-state index is 0.143. The van der Waals surface area contributed by atoms with Crippen molar-refractivity contribution in [1.82, 2.24) is 0 Å². The lowest BCUT2D eigenvalue weighted by Gasteiger charge is -2.18. The number of anilines is 1. The predicted octanol–water partition coefficient (Wildman–Crippen LogP) is 3.81. The first kappa shape index (κ1) is 17.4. The van der Waals surface area contributed by atoms with E-state index in [-0.39, 0.29) is 11.9 Å². The molecule has 1 rings (SSSR count). The summed E-state index contributed by atoms with van der Waals surface area (Å²) in [6, 6.07) is 4.65. The van der Waals surface area contributed by atoms with Crippen LogP contribution < -0.4 is 5.32 Å². The van der Waals surface area contributed by atoms with Crippen LogP contribution in [0.2, 0.25) is 0 Å². The van der Waals surface area contributed by atoms with Gasteiger partial charge in [-0.3, -0.25) is 0 Å². The van der Waals surface area contributed by atoms with Crippen molar-refractivity contribution in [3.05, 3.63) is 28.5 Å². The van der Waals surface area contributed by atoms with Crippen molar-refractivity contribution in [1.29, 1.82) is 0 Å². The van der Waals surface area contributed by atoms with Gasteiger partial charge in [-0.1, -0.05) is 13.8 Å². The van der Waals surface area contributed by atoms with Crippen LogP contribution in [0.4, 0.5) is 10.1 Å². The van der Waals surface area contributed by atoms with E-state index in [2.05, 4.69) is 35.1 Å². The molecule has 1 aromatic carbocycles. The average Bonchev–Trinajstić information content (AvgIpc) is 2.37. The van der Waals surface area contributed by atoms with Crippen molar-refractivity contribution in [3.8, 4) is 0 Å². The molecule has 0 saturated heterocycles. The van der Waals surface area contributed by atoms with Crippen LogP contribution >= 0.6 is 15.9 Å². The monoisotopic (exact) mass is 347 g/mol. The first-order valence-corrected chi connectivity index (χ1v) is 7.66. The third kappa shape index (κ3) is 6.68. The summed E-state index contributed by atoms with van der Waals surface area (Å²) in [6.45, 7) is 6.96. The lowest BCUT2D eigenvalue weighted by molar-refractivity contribution is -0.00443. The van der Waals surface area contributed by atoms with Gasteiger partial charge >= 0.3 is 0 Å². The summed E-state index contributed by atoms with van der Waals surface area (Å²) < 4.78 is 19.1. The van der Waals surface area contributed by atoms with Gasteiger partial charge in [-0.25, -0.2) is 4.39 Å². The molecule has 20 heavy (non-hydrogen) atoms. The van der Waals surface area contributed by atoms with E-state index in [4.69, 9.17) is 4.74 Å². The number of hydrogen-bond acceptors (Lipinski definition) is 3. The van der Waals surface area contributed by atoms with Crippen molar-refractivity contribution in [2.45, 2.75) is 39.4 Å². The zero-order valence-corrected chi connectivity index (χ0v) is 13.8. The molecule has 0 saturated carbocycles. The fourth-order valence-corrected chi connectivity index (χ4v) is 2.29. The number of nitrogens with one attached hydrogen (secondary N) is 1. The van der Waals surface area contributed by atoms with E-state index >= 15 is 0 Å². The van der Waals surface area contributed by atoms with E-state index in [9.17, 15) is 9.50 Å². The number of ether oxygens (including phenoxy) is 1. The van der Waals surface area contributed by atoms with Crippen LogP contribution in [-0.4, -0.2) is 30.5 Å². The first-order chi connectivity index (χ1) is 9.38. The Morgan fingerprint density at radius 2 is 2.05 bits per heavy atom. The minimum Gasteiger partial charge on any atom is -0.389 e. The molecule has 114 valence electrons. The molecule has 0 aliphatic heterocycles. The molecule has 0 radical (unpaired) electrons. The van der Waals surface area contributed by atoms with Crippen LogP contribution in [0.5, 0.6) is 0 Å². The summed E-state index contributed by atoms with van der Waals surface area (Å²) >= 11 is 3.12. The second-order valence-corrected chi connectivity index (χ2v) is 6.29. The predicted molar refractivity (Wildman–Crippen MR) is 83.5 cm³/mol. The van der Waals surface area contributed by atoms with Crippen LogP contribution in [0.25, 0.3) is 0 Å². The molecule has 0 aliphatic carbocycles. The van der Waals surface area contributed by atoms with Gasteiger partial charge in [-0.2, -0.15) is 0 Å². The van der Waals surface area contributed by atoms with Crippen LogP contribution in [0.1, 0.15) is 27.2 Å². The van der Waals surface area contributed by atoms with Gasteiger partial charge in [0.2, 0.25) is 0 Å². The second kappa shape index (κ2) is 8.60. The van der Waals surface area contributed by atoms with Gasteiger partial charge in [0.1, 0.15) is 5.82 Å². The summed E-state index contributed by atoms with van der Waals surface area (Å²) in [5, 5.41) is 12.9. The van der Waals surface area contributed by atoms with Crippen molar-refractivity contribution in [2.24, 2.45) is 5.92 Å². The third-order valence-corrected chi connectivity index (χ3v) is 3.45. The lowest BCUT2D eigenvalue weighted by Crippen LogP contribution is -2.27. The Bertz CT molecular complexity index is 415. The molecule has 5 heteroatoms. The van der Waals surface area contributed by atoms with Crippen LogP contribution in [0, 0.1) is 11.7 Å². The Hall–Kier alpha value is -0.650. The van der Waals surface area contributed by atoms with Gasteiger partial charge in [0.15, 0.2) is 0 Å². The normalized spacial score (nSPS) is 14.3. The van der Waals surface area contributed by atoms with Crippen molar-refractivity contribution in [3.63, 3.8) is 0 Å². The average molecular weight is 348 g/mol. The summed E-state index contributed by atoms with van der Waals surface area (Å²) in [6.07, 6.45) is 0.531. The molecular formula is C15H23BrFNO2. The number of aliphatic hydroxyl groups is 1. The molecule has 3 nitrogen and oxygen atoms in total. The number of aliphatic hydroxyl groups excluding tert-OH is 1. The largest absolute Gasteiger partial charge is 0.389 e. The van der Waals surface area contributed by atoms with Gasteiger partial charge in [0.25, 0.3) is 0 Å². The molecular weight excluding hydrogens is 325 g/mol. The molecule has 2 N–H and O–H groups in total. The van der Waals surface area contributed by atoms with Crippen molar-refractivity contribution >= 4 is 21.6 Å². The zero-order chi connectivity index (χ0) is 15.1. The fourth-order valence-electron chi connectivity index (χ4n) is 1.91. The Kier molecular flexibility index (Phi) is 7.48. The van der Waals surface area contributed by atoms with Gasteiger partial charge in [0.05, 0.1) is 23.3 Å². The molecule has 0 aliphatic rings. The van der Waals surface area contributed by atoms with Crippen molar-refractivity contribution < 1.29 is 14.2 Å². The highest BCUT2D eigenvalue weighted by Gasteiger charge is 2.10. The maximum atomic E-state index is 13.1. The van der Waals surface area contributed by atoms with E-state index in [0.29, 0.717) is 23.5 Å². The molecule has 0 spiro atoms. The smallest absolute Gasteiger partial charge is 0.137 e. The molecule has 0 heterocycles. The van der Waals surface area contributed by atoms with E-state index in [0.717, 1.165) is 12.1 Å². The van der Waals surface area contributed by atoms with Crippen molar-refractivity contribution in [2.75, 3.05) is 18.5 Å². The molecule has 0 bridgehead atoms. The number of rotatable bonds is 8. The molecule has 2 atom stereocenters. The summed E-state index contributed by atoms with van der Waals surface area (Å²) in [5.41, 5.74) is 0.757. The van der Waals surface area contributed by atoms with Gasteiger partial charge in [-0.05, 0) is 53.4 Å². The number of hydrogen-bond donors (Lipinski definition) is 2. The summed E-state index contributed by atoms with van der Waals surface area (Å²) in [5.74, 6) is 0.277. The highest BCUT2D eigenvalue weighted by molar-refractivity contribution is 9.10. The molecule has 0 aromatic heterocycles. The van der Waals surface area contributed by atoms with Crippen LogP contribution in [0.3, 0.4) is 0 Å². The van der Waals surface area contributed by atoms with Crippen LogP contribution in [-0.2, 0) is 4.74 Å². The number of halogens is 2. The lowest BCUT2D eigenvalue weighted by atomic mass is 10.1. The highest BCUT2D eigenvalue weighted by atomic mass is 79.9. The summed E-state index contributed by atoms with van der Waals surface area (Å²) in [7, 11) is 0. The zero-order valence-electron chi connectivity index (χ0n) is 12.2. The Morgan fingerprint density at radius 3 is 2.65 bits per heavy atom. The second-order valence-electron chi connectivity index (χ2n) is 5.44. The van der Waals surface area contributed by atoms with Crippen LogP contribution in [0.15, 0.2) is 22.7 Å². The maximum Gasteiger partial charge on any atom is 0.137 e. The van der Waals surface area contributed by atoms with E-state index in [1.54, 1.807) is 12.1 Å². The van der Waals surface area contributed by atoms with E-state index < -0.39 is 6.10 Å². The van der Waals surface area contributed by atoms with E-state index in [1.165, 1.54) is 6.07 Å².